The monoisotopic (exact) mass is 239 g/mol. The summed E-state index contributed by atoms with van der Waals surface area (Å²) >= 11 is 0. The fraction of sp³-hybridized carbons (Fsp3) is 0.833. The van der Waals surface area contributed by atoms with Crippen LogP contribution in [0.4, 0.5) is 0 Å². The van der Waals surface area contributed by atoms with Crippen molar-refractivity contribution in [1.82, 2.24) is 15.1 Å². The normalized spacial score (nSPS) is 31.5. The third-order valence-electron chi connectivity index (χ3n) is 3.75. The Hall–Kier alpha value is -1.10. The van der Waals surface area contributed by atoms with E-state index in [1.54, 1.807) is 11.8 Å². The van der Waals surface area contributed by atoms with E-state index in [-0.39, 0.29) is 24.4 Å². The van der Waals surface area contributed by atoms with Crippen molar-refractivity contribution in [2.45, 2.75) is 38.3 Å². The van der Waals surface area contributed by atoms with Gasteiger partial charge in [0, 0.05) is 12.6 Å². The number of likely N-dealkylation sites (tertiary alicyclic amines) is 1. The first-order valence-electron chi connectivity index (χ1n) is 6.36. The first-order valence-corrected chi connectivity index (χ1v) is 6.36. The van der Waals surface area contributed by atoms with Crippen LogP contribution in [-0.2, 0) is 9.59 Å². The minimum absolute atomic E-state index is 0.0450. The molecule has 2 aliphatic rings. The topological polar surface area (TPSA) is 52.7 Å². The molecule has 1 N–H and O–H groups in total. The van der Waals surface area contributed by atoms with E-state index in [0.29, 0.717) is 12.6 Å². The molecular formula is C12H21N3O2. The van der Waals surface area contributed by atoms with Gasteiger partial charge in [-0.15, -0.1) is 0 Å². The van der Waals surface area contributed by atoms with Gasteiger partial charge in [0.25, 0.3) is 0 Å². The fourth-order valence-electron chi connectivity index (χ4n) is 2.66. The molecule has 2 amide bonds. The van der Waals surface area contributed by atoms with Gasteiger partial charge in [-0.25, -0.2) is 0 Å². The Labute approximate surface area is 102 Å². The number of nitrogens with one attached hydrogen (secondary N) is 1. The highest BCUT2D eigenvalue weighted by molar-refractivity contribution is 5.94. The van der Waals surface area contributed by atoms with Gasteiger partial charge in [-0.3, -0.25) is 9.59 Å². The number of rotatable bonds is 2. The Balaban J connectivity index is 1.96. The summed E-state index contributed by atoms with van der Waals surface area (Å²) in [6.07, 6.45) is 3.58. The van der Waals surface area contributed by atoms with Crippen LogP contribution in [0.5, 0.6) is 0 Å². The van der Waals surface area contributed by atoms with Crippen LogP contribution in [0.25, 0.3) is 0 Å². The van der Waals surface area contributed by atoms with E-state index in [1.165, 1.54) is 12.8 Å². The number of amides is 2. The molecule has 5 heteroatoms. The molecule has 0 saturated carbocycles. The highest BCUT2D eigenvalue weighted by atomic mass is 16.2. The molecule has 0 radical (unpaired) electrons. The zero-order valence-corrected chi connectivity index (χ0v) is 10.6. The van der Waals surface area contributed by atoms with Crippen LogP contribution in [0.1, 0.15) is 26.2 Å². The van der Waals surface area contributed by atoms with Gasteiger partial charge >= 0.3 is 0 Å². The summed E-state index contributed by atoms with van der Waals surface area (Å²) in [4.78, 5) is 27.4. The summed E-state index contributed by atoms with van der Waals surface area (Å²) in [7, 11) is 2.10. The highest BCUT2D eigenvalue weighted by Crippen LogP contribution is 2.17. The van der Waals surface area contributed by atoms with E-state index in [4.69, 9.17) is 0 Å². The minimum Gasteiger partial charge on any atom is -0.343 e. The van der Waals surface area contributed by atoms with Crippen molar-refractivity contribution in [2.24, 2.45) is 0 Å². The summed E-state index contributed by atoms with van der Waals surface area (Å²) in [6.45, 7) is 3.74. The number of hydrogen-bond donors (Lipinski definition) is 1. The molecule has 0 aromatic rings. The molecule has 0 aromatic heterocycles. The highest BCUT2D eigenvalue weighted by Gasteiger charge is 2.32. The van der Waals surface area contributed by atoms with Gasteiger partial charge in [0.2, 0.25) is 11.8 Å². The first-order chi connectivity index (χ1) is 8.08. The number of piperidine rings is 1. The lowest BCUT2D eigenvalue weighted by Crippen LogP contribution is -2.59. The van der Waals surface area contributed by atoms with Crippen LogP contribution >= 0.6 is 0 Å². The van der Waals surface area contributed by atoms with Gasteiger partial charge in [-0.1, -0.05) is 6.42 Å². The van der Waals surface area contributed by atoms with Gasteiger partial charge in [0.05, 0.1) is 6.54 Å². The fourth-order valence-corrected chi connectivity index (χ4v) is 2.66. The van der Waals surface area contributed by atoms with Crippen molar-refractivity contribution in [3.63, 3.8) is 0 Å². The van der Waals surface area contributed by atoms with E-state index in [9.17, 15) is 9.59 Å². The second-order valence-corrected chi connectivity index (χ2v) is 5.14. The van der Waals surface area contributed by atoms with Crippen molar-refractivity contribution in [3.8, 4) is 0 Å². The van der Waals surface area contributed by atoms with Gasteiger partial charge in [0.1, 0.15) is 6.04 Å². The quantitative estimate of drug-likeness (QED) is 0.727. The van der Waals surface area contributed by atoms with Gasteiger partial charge in [0.15, 0.2) is 0 Å². The van der Waals surface area contributed by atoms with Crippen LogP contribution in [0.15, 0.2) is 0 Å². The molecule has 96 valence electrons. The van der Waals surface area contributed by atoms with Crippen molar-refractivity contribution < 1.29 is 9.59 Å². The third kappa shape index (κ3) is 2.77. The maximum atomic E-state index is 11.9. The van der Waals surface area contributed by atoms with Crippen molar-refractivity contribution in [2.75, 3.05) is 26.7 Å². The number of hydrogen-bond acceptors (Lipinski definition) is 3. The number of likely N-dealkylation sites (N-methyl/N-ethyl adjacent to an activating group) is 1. The van der Waals surface area contributed by atoms with Crippen LogP contribution in [0.2, 0.25) is 0 Å². The molecule has 2 rings (SSSR count). The zero-order valence-electron chi connectivity index (χ0n) is 10.6. The number of piperazine rings is 1. The average Bonchev–Trinajstić information content (AvgIpc) is 2.28. The van der Waals surface area contributed by atoms with Crippen molar-refractivity contribution in [1.29, 1.82) is 0 Å². The molecule has 2 atom stereocenters. The third-order valence-corrected chi connectivity index (χ3v) is 3.75. The molecule has 2 fully saturated rings. The maximum Gasteiger partial charge on any atom is 0.245 e. The molecule has 5 nitrogen and oxygen atoms in total. The Morgan fingerprint density at radius 2 is 2.12 bits per heavy atom. The Kier molecular flexibility index (Phi) is 3.66. The van der Waals surface area contributed by atoms with E-state index in [0.717, 1.165) is 13.0 Å². The number of carbonyl (C=O) groups is 2. The lowest BCUT2D eigenvalue weighted by atomic mass is 10.0. The molecule has 2 aliphatic heterocycles. The second kappa shape index (κ2) is 5.04. The molecule has 2 saturated heterocycles. The molecule has 0 aliphatic carbocycles. The Bertz CT molecular complexity index is 319. The summed E-state index contributed by atoms with van der Waals surface area (Å²) < 4.78 is 0. The second-order valence-electron chi connectivity index (χ2n) is 5.14. The largest absolute Gasteiger partial charge is 0.343 e. The summed E-state index contributed by atoms with van der Waals surface area (Å²) in [5.41, 5.74) is 0. The standard InChI is InChI=1S/C12H21N3O2/c1-9-12(17)15(8-11(16)13-9)7-10-5-3-4-6-14(10)2/h9-10H,3-8H2,1-2H3,(H,13,16). The van der Waals surface area contributed by atoms with Crippen LogP contribution in [-0.4, -0.2) is 60.4 Å². The molecule has 0 bridgehead atoms. The van der Waals surface area contributed by atoms with Crippen LogP contribution in [0.3, 0.4) is 0 Å². The summed E-state index contributed by atoms with van der Waals surface area (Å²) in [5, 5.41) is 2.66. The zero-order chi connectivity index (χ0) is 12.4. The Morgan fingerprint density at radius 3 is 2.82 bits per heavy atom. The first kappa shape index (κ1) is 12.4. The lowest BCUT2D eigenvalue weighted by Gasteiger charge is -2.38. The van der Waals surface area contributed by atoms with E-state index in [2.05, 4.69) is 17.3 Å². The SMILES string of the molecule is CC1NC(=O)CN(CC2CCCCN2C)C1=O. The van der Waals surface area contributed by atoms with E-state index in [1.807, 2.05) is 0 Å². The number of nitrogens with zero attached hydrogens (tertiary/aromatic N) is 2. The molecule has 2 heterocycles. The summed E-state index contributed by atoms with van der Waals surface area (Å²) in [6, 6.07) is 0.0379. The van der Waals surface area contributed by atoms with E-state index >= 15 is 0 Å². The number of carbonyl (C=O) groups excluding carboxylic acids is 2. The molecule has 17 heavy (non-hydrogen) atoms. The summed E-state index contributed by atoms with van der Waals surface area (Å²) in [5.74, 6) is -0.000800. The Morgan fingerprint density at radius 1 is 1.35 bits per heavy atom. The average molecular weight is 239 g/mol. The van der Waals surface area contributed by atoms with Gasteiger partial charge < -0.3 is 15.1 Å². The smallest absolute Gasteiger partial charge is 0.245 e. The van der Waals surface area contributed by atoms with E-state index < -0.39 is 0 Å². The van der Waals surface area contributed by atoms with Gasteiger partial charge in [-0.2, -0.15) is 0 Å². The molecule has 0 spiro atoms. The van der Waals surface area contributed by atoms with Gasteiger partial charge in [-0.05, 0) is 33.4 Å². The predicted octanol–water partition coefficient (Wildman–Crippen LogP) is -0.182. The van der Waals surface area contributed by atoms with Crippen LogP contribution in [0, 0.1) is 0 Å². The molecular weight excluding hydrogens is 218 g/mol. The predicted molar refractivity (Wildman–Crippen MR) is 64.5 cm³/mol. The lowest BCUT2D eigenvalue weighted by molar-refractivity contribution is -0.144. The van der Waals surface area contributed by atoms with Crippen molar-refractivity contribution >= 4 is 11.8 Å². The molecule has 2 unspecified atom stereocenters. The van der Waals surface area contributed by atoms with Crippen molar-refractivity contribution in [3.05, 3.63) is 0 Å². The minimum atomic E-state index is -0.370. The molecule has 0 aromatic carbocycles. The maximum absolute atomic E-state index is 11.9. The van der Waals surface area contributed by atoms with Crippen LogP contribution < -0.4 is 5.32 Å².